The quantitative estimate of drug-likeness (QED) is 0.602. The Kier molecular flexibility index (Phi) is 2.98. The van der Waals surface area contributed by atoms with Crippen LogP contribution in [0.25, 0.3) is 0 Å². The molecule has 1 rings (SSSR count). The molecule has 0 unspecified atom stereocenters. The summed E-state index contributed by atoms with van der Waals surface area (Å²) >= 11 is 0. The molecule has 0 aromatic heterocycles. The summed E-state index contributed by atoms with van der Waals surface area (Å²) in [6, 6.07) is 0. The number of likely N-dealkylation sites (tertiary alicyclic amines) is 1. The molecule has 11 heavy (non-hydrogen) atoms. The van der Waals surface area contributed by atoms with Gasteiger partial charge in [0.05, 0.1) is 0 Å². The molecular formula is C10H19N. The van der Waals surface area contributed by atoms with Crippen LogP contribution in [-0.4, -0.2) is 18.0 Å². The molecule has 0 aromatic carbocycles. The van der Waals surface area contributed by atoms with Gasteiger partial charge in [-0.15, -0.1) is 0 Å². The smallest absolute Gasteiger partial charge is 0.0175 e. The van der Waals surface area contributed by atoms with Crippen molar-refractivity contribution in [2.45, 2.75) is 33.1 Å². The molecule has 1 saturated heterocycles. The average molecular weight is 153 g/mol. The highest BCUT2D eigenvalue weighted by Gasteiger charge is 2.13. The molecule has 0 aliphatic carbocycles. The summed E-state index contributed by atoms with van der Waals surface area (Å²) < 4.78 is 0. The third-order valence-electron chi connectivity index (χ3n) is 2.20. The molecule has 1 fully saturated rings. The van der Waals surface area contributed by atoms with Gasteiger partial charge in [0.25, 0.3) is 0 Å². The summed E-state index contributed by atoms with van der Waals surface area (Å²) in [6.07, 6.45) is 3.88. The molecule has 1 aliphatic rings. The Morgan fingerprint density at radius 2 is 1.91 bits per heavy atom. The third kappa shape index (κ3) is 2.57. The molecule has 1 aliphatic heterocycles. The molecule has 1 nitrogen and oxygen atoms in total. The van der Waals surface area contributed by atoms with Crippen LogP contribution in [0.1, 0.15) is 33.1 Å². The van der Waals surface area contributed by atoms with Crippen molar-refractivity contribution in [2.75, 3.05) is 13.1 Å². The van der Waals surface area contributed by atoms with E-state index in [2.05, 4.69) is 25.3 Å². The minimum absolute atomic E-state index is 0.753. The van der Waals surface area contributed by atoms with E-state index >= 15 is 0 Å². The predicted octanol–water partition coefficient (Wildman–Crippen LogP) is 2.64. The molecule has 0 atom stereocenters. The first-order chi connectivity index (χ1) is 5.20. The van der Waals surface area contributed by atoms with Crippen molar-refractivity contribution in [3.8, 4) is 0 Å². The minimum atomic E-state index is 0.753. The molecule has 1 heterocycles. The molecular weight excluding hydrogens is 134 g/mol. The van der Waals surface area contributed by atoms with E-state index in [0.29, 0.717) is 0 Å². The van der Waals surface area contributed by atoms with Crippen molar-refractivity contribution >= 4 is 0 Å². The molecule has 0 aromatic rings. The van der Waals surface area contributed by atoms with E-state index < -0.39 is 0 Å². The second-order valence-electron chi connectivity index (χ2n) is 3.86. The highest BCUT2D eigenvalue weighted by atomic mass is 15.1. The van der Waals surface area contributed by atoms with Gasteiger partial charge in [-0.25, -0.2) is 0 Å². The van der Waals surface area contributed by atoms with Gasteiger partial charge >= 0.3 is 0 Å². The first kappa shape index (κ1) is 8.63. The Bertz CT molecular complexity index is 132. The maximum Gasteiger partial charge on any atom is 0.0175 e. The first-order valence-electron chi connectivity index (χ1n) is 4.63. The summed E-state index contributed by atoms with van der Waals surface area (Å²) in [6.45, 7) is 11.1. The fourth-order valence-electron chi connectivity index (χ4n) is 1.63. The van der Waals surface area contributed by atoms with Crippen LogP contribution in [0.4, 0.5) is 0 Å². The van der Waals surface area contributed by atoms with Gasteiger partial charge in [0, 0.05) is 18.8 Å². The lowest BCUT2D eigenvalue weighted by atomic mass is 10.1. The normalized spacial score (nSPS) is 17.9. The molecule has 0 bridgehead atoms. The lowest BCUT2D eigenvalue weighted by Crippen LogP contribution is -2.18. The van der Waals surface area contributed by atoms with Crippen LogP contribution in [0.3, 0.4) is 0 Å². The van der Waals surface area contributed by atoms with Crippen molar-refractivity contribution in [2.24, 2.45) is 5.92 Å². The van der Waals surface area contributed by atoms with E-state index in [0.717, 1.165) is 5.92 Å². The van der Waals surface area contributed by atoms with Gasteiger partial charge < -0.3 is 4.90 Å². The van der Waals surface area contributed by atoms with E-state index in [1.807, 2.05) is 0 Å². The van der Waals surface area contributed by atoms with Crippen LogP contribution in [0.15, 0.2) is 12.3 Å². The van der Waals surface area contributed by atoms with Crippen LogP contribution in [0, 0.1) is 5.92 Å². The second kappa shape index (κ2) is 3.80. The largest absolute Gasteiger partial charge is 0.375 e. The van der Waals surface area contributed by atoms with Crippen LogP contribution < -0.4 is 0 Å². The van der Waals surface area contributed by atoms with Gasteiger partial charge in [-0.05, 0) is 25.2 Å². The van der Waals surface area contributed by atoms with Crippen molar-refractivity contribution < 1.29 is 0 Å². The van der Waals surface area contributed by atoms with Crippen molar-refractivity contribution in [1.29, 1.82) is 0 Å². The molecule has 0 spiro atoms. The van der Waals surface area contributed by atoms with Gasteiger partial charge in [0.1, 0.15) is 0 Å². The van der Waals surface area contributed by atoms with E-state index in [1.165, 1.54) is 38.0 Å². The molecule has 0 amide bonds. The Balaban J connectivity index is 2.28. The lowest BCUT2D eigenvalue weighted by Gasteiger charge is -2.21. The zero-order valence-electron chi connectivity index (χ0n) is 7.77. The third-order valence-corrected chi connectivity index (χ3v) is 2.20. The predicted molar refractivity (Wildman–Crippen MR) is 49.4 cm³/mol. The summed E-state index contributed by atoms with van der Waals surface area (Å²) in [5.74, 6) is 0.753. The summed E-state index contributed by atoms with van der Waals surface area (Å²) in [5, 5.41) is 0. The Morgan fingerprint density at radius 3 is 2.36 bits per heavy atom. The lowest BCUT2D eigenvalue weighted by molar-refractivity contribution is 0.391. The summed E-state index contributed by atoms with van der Waals surface area (Å²) in [5.41, 5.74) is 1.34. The van der Waals surface area contributed by atoms with E-state index in [4.69, 9.17) is 0 Å². The minimum Gasteiger partial charge on any atom is -0.375 e. The highest BCUT2D eigenvalue weighted by molar-refractivity contribution is 4.96. The van der Waals surface area contributed by atoms with Crippen molar-refractivity contribution in [1.82, 2.24) is 4.90 Å². The number of rotatable bonds is 3. The average Bonchev–Trinajstić information content (AvgIpc) is 2.35. The van der Waals surface area contributed by atoms with Crippen LogP contribution >= 0.6 is 0 Å². The Morgan fingerprint density at radius 1 is 1.36 bits per heavy atom. The first-order valence-corrected chi connectivity index (χ1v) is 4.63. The molecule has 0 saturated carbocycles. The van der Waals surface area contributed by atoms with Gasteiger partial charge in [0.15, 0.2) is 0 Å². The topological polar surface area (TPSA) is 3.24 Å². The molecule has 0 radical (unpaired) electrons. The maximum absolute atomic E-state index is 4.10. The number of nitrogens with zero attached hydrogens (tertiary/aromatic N) is 1. The molecule has 64 valence electrons. The van der Waals surface area contributed by atoms with Crippen LogP contribution in [-0.2, 0) is 0 Å². The standard InChI is InChI=1S/C10H19N/c1-9(2)8-10(3)11-6-4-5-7-11/h9H,3-8H2,1-2H3. The fraction of sp³-hybridized carbons (Fsp3) is 0.800. The monoisotopic (exact) mass is 153 g/mol. The van der Waals surface area contributed by atoms with Crippen molar-refractivity contribution in [3.63, 3.8) is 0 Å². The Hall–Kier alpha value is -0.460. The number of allylic oxidation sites excluding steroid dienone is 1. The van der Waals surface area contributed by atoms with E-state index in [9.17, 15) is 0 Å². The summed E-state index contributed by atoms with van der Waals surface area (Å²) in [7, 11) is 0. The molecule has 1 heteroatoms. The van der Waals surface area contributed by atoms with Crippen molar-refractivity contribution in [3.05, 3.63) is 12.3 Å². The molecule has 0 N–H and O–H groups in total. The fourth-order valence-corrected chi connectivity index (χ4v) is 1.63. The number of hydrogen-bond donors (Lipinski definition) is 0. The van der Waals surface area contributed by atoms with E-state index in [1.54, 1.807) is 0 Å². The summed E-state index contributed by atoms with van der Waals surface area (Å²) in [4.78, 5) is 2.43. The zero-order valence-corrected chi connectivity index (χ0v) is 7.77. The van der Waals surface area contributed by atoms with Gasteiger partial charge in [-0.2, -0.15) is 0 Å². The van der Waals surface area contributed by atoms with Gasteiger partial charge in [0.2, 0.25) is 0 Å². The Labute approximate surface area is 70.1 Å². The van der Waals surface area contributed by atoms with Gasteiger partial charge in [-0.3, -0.25) is 0 Å². The zero-order chi connectivity index (χ0) is 8.27. The van der Waals surface area contributed by atoms with Crippen LogP contribution in [0.2, 0.25) is 0 Å². The second-order valence-corrected chi connectivity index (χ2v) is 3.86. The number of hydrogen-bond acceptors (Lipinski definition) is 1. The van der Waals surface area contributed by atoms with E-state index in [-0.39, 0.29) is 0 Å². The van der Waals surface area contributed by atoms with Crippen LogP contribution in [0.5, 0.6) is 0 Å². The highest BCUT2D eigenvalue weighted by Crippen LogP contribution is 2.18. The maximum atomic E-state index is 4.10. The SMILES string of the molecule is C=C(CC(C)C)N1CCCC1. The van der Waals surface area contributed by atoms with Gasteiger partial charge in [-0.1, -0.05) is 20.4 Å².